The number of unbranched alkanes of at least 4 members (excludes halogenated alkanes) is 3. The normalized spacial score (nSPS) is 16.2. The van der Waals surface area contributed by atoms with Gasteiger partial charge in [0.25, 0.3) is 5.91 Å². The molecule has 0 radical (unpaired) electrons. The first-order valence-corrected chi connectivity index (χ1v) is 16.3. The van der Waals surface area contributed by atoms with E-state index < -0.39 is 6.09 Å². The number of hydrogen-bond donors (Lipinski definition) is 4. The van der Waals surface area contributed by atoms with Crippen molar-refractivity contribution in [3.8, 4) is 0 Å². The molecule has 4 rings (SSSR count). The number of benzene rings is 2. The van der Waals surface area contributed by atoms with Crippen LogP contribution in [0.3, 0.4) is 0 Å². The molecular weight excluding hydrogens is 570 g/mol. The number of rotatable bonds is 15. The Hall–Kier alpha value is -4.34. The van der Waals surface area contributed by atoms with E-state index in [1.807, 2.05) is 60.0 Å². The zero-order valence-electron chi connectivity index (χ0n) is 26.5. The lowest BCUT2D eigenvalue weighted by Crippen LogP contribution is -2.42. The van der Waals surface area contributed by atoms with Crippen LogP contribution in [0.15, 0.2) is 54.6 Å². The summed E-state index contributed by atoms with van der Waals surface area (Å²) in [6.45, 7) is 5.69. The molecular formula is C35H47N5O5. The van der Waals surface area contributed by atoms with E-state index in [1.165, 1.54) is 0 Å². The average molecular weight is 618 g/mol. The average Bonchev–Trinajstić information content (AvgIpc) is 3.41. The first kappa shape index (κ1) is 33.6. The Morgan fingerprint density at radius 3 is 2.27 bits per heavy atom. The summed E-state index contributed by atoms with van der Waals surface area (Å²) in [6.07, 6.45) is 6.24. The second kappa shape index (κ2) is 16.7. The standard InChI is InChI=1S/C35H47N5O5/c1-3-25-12-11-14-29(22-25)39(4-2)32(41)24-40-30-15-8-7-13-27(30)23-31(40)34(43)38-28-18-16-26(17-19-28)33(42)36-20-9-5-6-10-21-37-35(44)45/h7-8,11-15,22-23,26,28,37H,3-6,9-10,16-21,24H2,1-2H3,(H,36,42)(H,38,43)(H,44,45). The van der Waals surface area contributed by atoms with Crippen molar-refractivity contribution in [3.63, 3.8) is 0 Å². The Bertz CT molecular complexity index is 1460. The zero-order chi connectivity index (χ0) is 32.2. The minimum atomic E-state index is -1.00. The molecule has 10 nitrogen and oxygen atoms in total. The molecule has 0 atom stereocenters. The van der Waals surface area contributed by atoms with Gasteiger partial charge in [-0.25, -0.2) is 4.79 Å². The lowest BCUT2D eigenvalue weighted by molar-refractivity contribution is -0.126. The molecule has 1 fully saturated rings. The molecule has 4 amide bonds. The quantitative estimate of drug-likeness (QED) is 0.168. The van der Waals surface area contributed by atoms with E-state index in [9.17, 15) is 19.2 Å². The number of anilines is 1. The van der Waals surface area contributed by atoms with Crippen molar-refractivity contribution in [1.82, 2.24) is 20.5 Å². The number of nitrogens with one attached hydrogen (secondary N) is 3. The van der Waals surface area contributed by atoms with Crippen molar-refractivity contribution in [1.29, 1.82) is 0 Å². The largest absolute Gasteiger partial charge is 0.465 e. The van der Waals surface area contributed by atoms with E-state index in [0.717, 1.165) is 67.1 Å². The Balaban J connectivity index is 1.31. The number of amides is 4. The van der Waals surface area contributed by atoms with Gasteiger partial charge in [0.05, 0.1) is 0 Å². The Morgan fingerprint density at radius 1 is 0.867 bits per heavy atom. The van der Waals surface area contributed by atoms with Crippen molar-refractivity contribution < 1.29 is 24.3 Å². The fourth-order valence-corrected chi connectivity index (χ4v) is 6.15. The van der Waals surface area contributed by atoms with Gasteiger partial charge >= 0.3 is 6.09 Å². The van der Waals surface area contributed by atoms with Gasteiger partial charge in [0.15, 0.2) is 0 Å². The van der Waals surface area contributed by atoms with Crippen LogP contribution in [0, 0.1) is 5.92 Å². The first-order valence-electron chi connectivity index (χ1n) is 16.3. The monoisotopic (exact) mass is 617 g/mol. The number of hydrogen-bond acceptors (Lipinski definition) is 4. The lowest BCUT2D eigenvalue weighted by Gasteiger charge is -2.28. The van der Waals surface area contributed by atoms with Crippen LogP contribution in [0.5, 0.6) is 0 Å². The molecule has 0 bridgehead atoms. The summed E-state index contributed by atoms with van der Waals surface area (Å²) in [7, 11) is 0. The molecule has 1 heterocycles. The van der Waals surface area contributed by atoms with Gasteiger partial charge in [-0.15, -0.1) is 0 Å². The van der Waals surface area contributed by atoms with Gasteiger partial charge in [-0.1, -0.05) is 50.1 Å². The molecule has 0 unspecified atom stereocenters. The number of carboxylic acid groups (broad SMARTS) is 1. The highest BCUT2D eigenvalue weighted by molar-refractivity contribution is 6.01. The van der Waals surface area contributed by atoms with Crippen LogP contribution in [0.25, 0.3) is 10.9 Å². The maximum Gasteiger partial charge on any atom is 0.404 e. The summed E-state index contributed by atoms with van der Waals surface area (Å²) in [4.78, 5) is 52.2. The van der Waals surface area contributed by atoms with E-state index in [1.54, 1.807) is 4.90 Å². The maximum atomic E-state index is 13.6. The van der Waals surface area contributed by atoms with Crippen molar-refractivity contribution in [2.75, 3.05) is 24.5 Å². The SMILES string of the molecule is CCc1cccc(N(CC)C(=O)Cn2c(C(=O)NC3CCC(C(=O)NCCCCCCNC(=O)O)CC3)cc3ccccc32)c1. The number of fused-ring (bicyclic) bond motifs is 1. The van der Waals surface area contributed by atoms with Gasteiger partial charge < -0.3 is 30.5 Å². The van der Waals surface area contributed by atoms with Gasteiger partial charge in [-0.2, -0.15) is 0 Å². The number of carbonyl (C=O) groups excluding carboxylic acids is 3. The van der Waals surface area contributed by atoms with Crippen LogP contribution in [0.4, 0.5) is 10.5 Å². The molecule has 1 aliphatic carbocycles. The molecule has 3 aromatic rings. The molecule has 0 saturated heterocycles. The van der Waals surface area contributed by atoms with E-state index >= 15 is 0 Å². The summed E-state index contributed by atoms with van der Waals surface area (Å²) >= 11 is 0. The molecule has 1 saturated carbocycles. The third kappa shape index (κ3) is 9.33. The van der Waals surface area contributed by atoms with E-state index in [0.29, 0.717) is 38.2 Å². The predicted octanol–water partition coefficient (Wildman–Crippen LogP) is 5.49. The van der Waals surface area contributed by atoms with Crippen LogP contribution in [-0.2, 0) is 22.6 Å². The second-order valence-corrected chi connectivity index (χ2v) is 11.8. The minimum absolute atomic E-state index is 0.0351. The maximum absolute atomic E-state index is 13.6. The summed E-state index contributed by atoms with van der Waals surface area (Å²) in [6, 6.07) is 17.6. The highest BCUT2D eigenvalue weighted by Crippen LogP contribution is 2.26. The van der Waals surface area contributed by atoms with Crippen LogP contribution in [-0.4, -0.2) is 59.2 Å². The molecule has 1 aliphatic rings. The molecule has 0 aliphatic heterocycles. The van der Waals surface area contributed by atoms with Crippen molar-refractivity contribution in [2.45, 2.75) is 84.2 Å². The third-order valence-electron chi connectivity index (χ3n) is 8.70. The molecule has 0 spiro atoms. The van der Waals surface area contributed by atoms with Crippen LogP contribution >= 0.6 is 0 Å². The fourth-order valence-electron chi connectivity index (χ4n) is 6.15. The predicted molar refractivity (Wildman–Crippen MR) is 177 cm³/mol. The highest BCUT2D eigenvalue weighted by atomic mass is 16.4. The van der Waals surface area contributed by atoms with Crippen molar-refractivity contribution in [3.05, 3.63) is 65.9 Å². The number of aryl methyl sites for hydroxylation is 1. The summed E-state index contributed by atoms with van der Waals surface area (Å²) in [5, 5.41) is 18.1. The van der Waals surface area contributed by atoms with Crippen molar-refractivity contribution in [2.24, 2.45) is 5.92 Å². The Morgan fingerprint density at radius 2 is 1.58 bits per heavy atom. The Labute approximate surface area is 265 Å². The van der Waals surface area contributed by atoms with E-state index in [-0.39, 0.29) is 36.2 Å². The van der Waals surface area contributed by atoms with Gasteiger partial charge in [0.1, 0.15) is 12.2 Å². The molecule has 242 valence electrons. The minimum Gasteiger partial charge on any atom is -0.465 e. The van der Waals surface area contributed by atoms with Crippen LogP contribution in [0.2, 0.25) is 0 Å². The topological polar surface area (TPSA) is 133 Å². The van der Waals surface area contributed by atoms with Gasteiger partial charge in [0, 0.05) is 48.2 Å². The smallest absolute Gasteiger partial charge is 0.404 e. The number of likely N-dealkylation sites (N-methyl/N-ethyl adjacent to an activating group) is 1. The van der Waals surface area contributed by atoms with Gasteiger partial charge in [-0.05, 0) is 81.7 Å². The number of aromatic nitrogens is 1. The van der Waals surface area contributed by atoms with E-state index in [2.05, 4.69) is 28.9 Å². The number of carbonyl (C=O) groups is 4. The van der Waals surface area contributed by atoms with Crippen molar-refractivity contribution >= 4 is 40.4 Å². The van der Waals surface area contributed by atoms with Gasteiger partial charge in [-0.3, -0.25) is 14.4 Å². The summed E-state index contributed by atoms with van der Waals surface area (Å²) < 4.78 is 1.82. The number of nitrogens with zero attached hydrogens (tertiary/aromatic N) is 2. The molecule has 4 N–H and O–H groups in total. The third-order valence-corrected chi connectivity index (χ3v) is 8.70. The van der Waals surface area contributed by atoms with Crippen LogP contribution in [0.1, 0.15) is 81.3 Å². The highest BCUT2D eigenvalue weighted by Gasteiger charge is 2.28. The molecule has 45 heavy (non-hydrogen) atoms. The van der Waals surface area contributed by atoms with Gasteiger partial charge in [0.2, 0.25) is 11.8 Å². The molecule has 2 aromatic carbocycles. The fraction of sp³-hybridized carbons (Fsp3) is 0.486. The van der Waals surface area contributed by atoms with Crippen LogP contribution < -0.4 is 20.9 Å². The first-order chi connectivity index (χ1) is 21.8. The second-order valence-electron chi connectivity index (χ2n) is 11.8. The van der Waals surface area contributed by atoms with E-state index in [4.69, 9.17) is 5.11 Å². The summed E-state index contributed by atoms with van der Waals surface area (Å²) in [5.41, 5.74) is 3.32. The Kier molecular flexibility index (Phi) is 12.4. The number of para-hydroxylation sites is 1. The zero-order valence-corrected chi connectivity index (χ0v) is 26.5. The summed E-state index contributed by atoms with van der Waals surface area (Å²) in [5.74, 6) is -0.284. The molecule has 10 heteroatoms. The lowest BCUT2D eigenvalue weighted by atomic mass is 9.85. The molecule has 1 aromatic heterocycles.